The second-order valence-corrected chi connectivity index (χ2v) is 22.8. The van der Waals surface area contributed by atoms with Gasteiger partial charge in [0.2, 0.25) is 0 Å². The quantitative estimate of drug-likeness (QED) is 0.242. The Hall–Kier alpha value is -0.526. The SMILES string of the molecule is CC(C)C(C)(C)[Si](C)(C)OC1(C)C#CCCCCC#CC(C)(O[Si](C)(C)C(C)(C)C(C)C)CC1. The lowest BCUT2D eigenvalue weighted by Crippen LogP contribution is -2.53. The fraction of sp³-hybridized carbons (Fsp3) is 0.867. The largest absolute Gasteiger partial charge is 0.401 e. The molecule has 0 aromatic carbocycles. The van der Waals surface area contributed by atoms with Gasteiger partial charge in [0.15, 0.2) is 16.6 Å². The Morgan fingerprint density at radius 3 is 1.21 bits per heavy atom. The molecule has 0 radical (unpaired) electrons. The summed E-state index contributed by atoms with van der Waals surface area (Å²) in [5, 5.41) is 0.300. The first kappa shape index (κ1) is 31.5. The van der Waals surface area contributed by atoms with E-state index in [0.29, 0.717) is 11.8 Å². The van der Waals surface area contributed by atoms with Crippen molar-refractivity contribution in [1.82, 2.24) is 0 Å². The molecule has 0 spiro atoms. The van der Waals surface area contributed by atoms with Crippen molar-refractivity contribution in [2.45, 2.75) is 155 Å². The van der Waals surface area contributed by atoms with Gasteiger partial charge in [-0.15, -0.1) is 11.8 Å². The topological polar surface area (TPSA) is 18.5 Å². The van der Waals surface area contributed by atoms with E-state index in [1.807, 2.05) is 0 Å². The molecule has 0 saturated carbocycles. The minimum Gasteiger partial charge on any atom is -0.401 e. The van der Waals surface area contributed by atoms with Crippen LogP contribution in [0.4, 0.5) is 0 Å². The van der Waals surface area contributed by atoms with E-state index >= 15 is 0 Å². The number of hydrogen-bond acceptors (Lipinski definition) is 2. The number of hydrogen-bond donors (Lipinski definition) is 0. The Labute approximate surface area is 216 Å². The standard InChI is InChI=1S/C30H56O2Si2/c1-25(2)27(5,6)33(11,12)31-29(9)21-19-17-15-16-18-20-22-30(10,24-23-29)32-34(13,14)28(7,8)26(3)4/h25-26H,15-18,23-24H2,1-14H3. The summed E-state index contributed by atoms with van der Waals surface area (Å²) in [6, 6.07) is 0. The first-order chi connectivity index (χ1) is 15.2. The molecule has 0 aromatic heterocycles. The molecule has 0 bridgehead atoms. The van der Waals surface area contributed by atoms with Crippen LogP contribution in [0.3, 0.4) is 0 Å². The van der Waals surface area contributed by atoms with Crippen LogP contribution in [0.5, 0.6) is 0 Å². The lowest BCUT2D eigenvalue weighted by Gasteiger charge is -2.48. The van der Waals surface area contributed by atoms with Gasteiger partial charge in [0.25, 0.3) is 0 Å². The van der Waals surface area contributed by atoms with Gasteiger partial charge in [0.1, 0.15) is 11.2 Å². The van der Waals surface area contributed by atoms with Gasteiger partial charge in [0, 0.05) is 12.8 Å². The molecule has 2 nitrogen and oxygen atoms in total. The van der Waals surface area contributed by atoms with E-state index in [1.54, 1.807) is 0 Å². The first-order valence-electron chi connectivity index (χ1n) is 13.6. The van der Waals surface area contributed by atoms with Crippen LogP contribution >= 0.6 is 0 Å². The average Bonchev–Trinajstić information content (AvgIpc) is 2.66. The predicted molar refractivity (Wildman–Crippen MR) is 155 cm³/mol. The third kappa shape index (κ3) is 7.73. The van der Waals surface area contributed by atoms with Crippen molar-refractivity contribution in [3.63, 3.8) is 0 Å². The highest BCUT2D eigenvalue weighted by atomic mass is 28.4. The van der Waals surface area contributed by atoms with Gasteiger partial charge in [-0.05, 0) is 87.6 Å². The summed E-state index contributed by atoms with van der Waals surface area (Å²) < 4.78 is 14.2. The van der Waals surface area contributed by atoms with Crippen molar-refractivity contribution >= 4 is 16.6 Å². The highest BCUT2D eigenvalue weighted by Crippen LogP contribution is 2.48. The molecule has 4 heteroatoms. The highest BCUT2D eigenvalue weighted by molar-refractivity contribution is 6.74. The Kier molecular flexibility index (Phi) is 10.4. The van der Waals surface area contributed by atoms with Crippen molar-refractivity contribution in [1.29, 1.82) is 0 Å². The first-order valence-corrected chi connectivity index (χ1v) is 19.4. The zero-order chi connectivity index (χ0) is 26.6. The fourth-order valence-electron chi connectivity index (χ4n) is 4.46. The molecule has 0 aromatic rings. The Morgan fingerprint density at radius 2 is 0.941 bits per heavy atom. The molecule has 196 valence electrons. The van der Waals surface area contributed by atoms with E-state index in [-0.39, 0.29) is 10.1 Å². The van der Waals surface area contributed by atoms with Gasteiger partial charge >= 0.3 is 0 Å². The summed E-state index contributed by atoms with van der Waals surface area (Å²) in [4.78, 5) is 0. The molecular formula is C30H56O2Si2. The Balaban J connectivity index is 3.35. The van der Waals surface area contributed by atoms with Gasteiger partial charge in [-0.3, -0.25) is 0 Å². The summed E-state index contributed by atoms with van der Waals surface area (Å²) >= 11 is 0. The average molecular weight is 505 g/mol. The van der Waals surface area contributed by atoms with Crippen LogP contribution in [0.2, 0.25) is 36.3 Å². The highest BCUT2D eigenvalue weighted by Gasteiger charge is 2.49. The molecule has 0 amide bonds. The third-order valence-corrected chi connectivity index (χ3v) is 18.9. The summed E-state index contributed by atoms with van der Waals surface area (Å²) in [5.74, 6) is 15.3. The van der Waals surface area contributed by atoms with Crippen molar-refractivity contribution in [3.05, 3.63) is 0 Å². The van der Waals surface area contributed by atoms with Gasteiger partial charge < -0.3 is 8.85 Å². The van der Waals surface area contributed by atoms with Crippen LogP contribution in [0.25, 0.3) is 0 Å². The maximum atomic E-state index is 7.10. The van der Waals surface area contributed by atoms with Crippen LogP contribution in [-0.2, 0) is 8.85 Å². The molecule has 2 unspecified atom stereocenters. The second kappa shape index (κ2) is 11.2. The minimum absolute atomic E-state index is 0.150. The number of rotatable bonds is 8. The Bertz CT molecular complexity index is 733. The van der Waals surface area contributed by atoms with Gasteiger partial charge in [-0.2, -0.15) is 0 Å². The normalized spacial score (nSPS) is 25.6. The molecule has 0 fully saturated rings. The minimum atomic E-state index is -2.05. The smallest absolute Gasteiger partial charge is 0.194 e. The maximum absolute atomic E-state index is 7.10. The van der Waals surface area contributed by atoms with Crippen molar-refractivity contribution in [2.24, 2.45) is 11.8 Å². The molecule has 0 aliphatic heterocycles. The van der Waals surface area contributed by atoms with E-state index in [1.165, 1.54) is 0 Å². The summed E-state index contributed by atoms with van der Waals surface area (Å²) in [6.07, 6.45) is 5.70. The predicted octanol–water partition coefficient (Wildman–Crippen LogP) is 9.18. The monoisotopic (exact) mass is 504 g/mol. The van der Waals surface area contributed by atoms with Gasteiger partial charge in [-0.1, -0.05) is 67.2 Å². The summed E-state index contributed by atoms with van der Waals surface area (Å²) in [7, 11) is -4.11. The molecule has 2 atom stereocenters. The Morgan fingerprint density at radius 1 is 0.647 bits per heavy atom. The maximum Gasteiger partial charge on any atom is 0.194 e. The molecule has 34 heavy (non-hydrogen) atoms. The molecule has 0 heterocycles. The summed E-state index contributed by atoms with van der Waals surface area (Å²) in [6.45, 7) is 32.7. The van der Waals surface area contributed by atoms with Crippen LogP contribution in [0.1, 0.15) is 108 Å². The zero-order valence-electron chi connectivity index (χ0n) is 25.2. The van der Waals surface area contributed by atoms with Crippen LogP contribution in [0.15, 0.2) is 0 Å². The zero-order valence-corrected chi connectivity index (χ0v) is 27.2. The molecule has 0 saturated heterocycles. The van der Waals surface area contributed by atoms with Crippen molar-refractivity contribution in [3.8, 4) is 23.7 Å². The van der Waals surface area contributed by atoms with Crippen molar-refractivity contribution < 1.29 is 8.85 Å². The van der Waals surface area contributed by atoms with Crippen LogP contribution in [0, 0.1) is 35.5 Å². The second-order valence-electron chi connectivity index (χ2n) is 13.7. The van der Waals surface area contributed by atoms with Crippen LogP contribution < -0.4 is 0 Å². The van der Waals surface area contributed by atoms with Crippen LogP contribution in [-0.4, -0.2) is 27.8 Å². The van der Waals surface area contributed by atoms with Crippen molar-refractivity contribution in [2.75, 3.05) is 0 Å². The lowest BCUT2D eigenvalue weighted by molar-refractivity contribution is 0.0659. The molecular weight excluding hydrogens is 449 g/mol. The molecule has 1 aliphatic rings. The van der Waals surface area contributed by atoms with Gasteiger partial charge in [-0.25, -0.2) is 0 Å². The fourth-order valence-corrected chi connectivity index (χ4v) is 10.3. The lowest BCUT2D eigenvalue weighted by atomic mass is 9.91. The van der Waals surface area contributed by atoms with E-state index in [4.69, 9.17) is 8.85 Å². The third-order valence-electron chi connectivity index (χ3n) is 9.59. The van der Waals surface area contributed by atoms with Gasteiger partial charge in [0.05, 0.1) is 0 Å². The molecule has 0 N–H and O–H groups in total. The summed E-state index contributed by atoms with van der Waals surface area (Å²) in [5.41, 5.74) is -0.959. The van der Waals surface area contributed by atoms with E-state index in [0.717, 1.165) is 38.5 Å². The molecule has 1 aliphatic carbocycles. The van der Waals surface area contributed by atoms with E-state index in [9.17, 15) is 0 Å². The van der Waals surface area contributed by atoms with E-state index < -0.39 is 27.8 Å². The molecule has 1 rings (SSSR count). The van der Waals surface area contributed by atoms with E-state index in [2.05, 4.69) is 119 Å².